The number of esters is 1. The van der Waals surface area contributed by atoms with Crippen molar-refractivity contribution in [3.63, 3.8) is 0 Å². The molecule has 3 aromatic rings. The second-order valence-electron chi connectivity index (χ2n) is 6.40. The molecule has 0 bridgehead atoms. The van der Waals surface area contributed by atoms with Crippen LogP contribution in [0.25, 0.3) is 17.8 Å². The SMILES string of the molecule is COC(=O)c1ccc(-[n+]2ccc(/C=C/c3ccc(N(C)C)cc3)cc2)cc1. The molecule has 4 heteroatoms. The quantitative estimate of drug-likeness (QED) is 0.510. The number of anilines is 1. The maximum absolute atomic E-state index is 11.5. The van der Waals surface area contributed by atoms with Crippen molar-refractivity contribution in [2.24, 2.45) is 0 Å². The first kappa shape index (κ1) is 18.4. The number of carbonyl (C=O) groups excluding carboxylic acids is 1. The van der Waals surface area contributed by atoms with Crippen molar-refractivity contribution in [2.45, 2.75) is 0 Å². The van der Waals surface area contributed by atoms with Crippen LogP contribution in [0.15, 0.2) is 73.1 Å². The Bertz CT molecular complexity index is 926. The molecule has 1 heterocycles. The summed E-state index contributed by atoms with van der Waals surface area (Å²) in [7, 11) is 5.45. The first-order valence-corrected chi connectivity index (χ1v) is 8.72. The van der Waals surface area contributed by atoms with Crippen molar-refractivity contribution >= 4 is 23.8 Å². The Kier molecular flexibility index (Phi) is 5.67. The summed E-state index contributed by atoms with van der Waals surface area (Å²) in [4.78, 5) is 13.6. The molecule has 0 saturated carbocycles. The van der Waals surface area contributed by atoms with E-state index >= 15 is 0 Å². The van der Waals surface area contributed by atoms with E-state index in [1.54, 1.807) is 12.1 Å². The Hall–Kier alpha value is -3.40. The lowest BCUT2D eigenvalue weighted by Crippen LogP contribution is -2.29. The van der Waals surface area contributed by atoms with E-state index in [0.29, 0.717) is 5.56 Å². The van der Waals surface area contributed by atoms with Crippen LogP contribution >= 0.6 is 0 Å². The average Bonchev–Trinajstić information content (AvgIpc) is 2.72. The van der Waals surface area contributed by atoms with E-state index in [2.05, 4.69) is 53.5 Å². The third-order valence-electron chi connectivity index (χ3n) is 4.32. The lowest BCUT2D eigenvalue weighted by atomic mass is 10.1. The van der Waals surface area contributed by atoms with Crippen LogP contribution < -0.4 is 9.47 Å². The molecule has 0 N–H and O–H groups in total. The van der Waals surface area contributed by atoms with Crippen LogP contribution in [0.5, 0.6) is 0 Å². The zero-order chi connectivity index (χ0) is 19.2. The van der Waals surface area contributed by atoms with Gasteiger partial charge < -0.3 is 9.64 Å². The molecule has 0 aliphatic carbocycles. The number of nitrogens with zero attached hydrogens (tertiary/aromatic N) is 2. The summed E-state index contributed by atoms with van der Waals surface area (Å²) in [6.07, 6.45) is 8.20. The Morgan fingerprint density at radius 2 is 1.41 bits per heavy atom. The van der Waals surface area contributed by atoms with E-state index < -0.39 is 0 Å². The Balaban J connectivity index is 1.70. The normalized spacial score (nSPS) is 10.8. The van der Waals surface area contributed by atoms with Gasteiger partial charge in [0.15, 0.2) is 12.4 Å². The van der Waals surface area contributed by atoms with Crippen LogP contribution in [-0.2, 0) is 4.74 Å². The largest absolute Gasteiger partial charge is 0.465 e. The van der Waals surface area contributed by atoms with Gasteiger partial charge in [-0.05, 0) is 35.4 Å². The van der Waals surface area contributed by atoms with Gasteiger partial charge in [-0.1, -0.05) is 24.3 Å². The molecule has 0 radical (unpaired) electrons. The standard InChI is InChI=1S/C23H23N2O2/c1-24(2)21-10-6-18(7-11-21)4-5-19-14-16-25(17-15-19)22-12-8-20(9-13-22)23(26)27-3/h4-17H,1-3H3/q+1. The van der Waals surface area contributed by atoms with Gasteiger partial charge >= 0.3 is 5.97 Å². The van der Waals surface area contributed by atoms with Crippen molar-refractivity contribution in [1.29, 1.82) is 0 Å². The first-order chi connectivity index (χ1) is 13.1. The molecule has 0 aliphatic rings. The number of rotatable bonds is 5. The number of ether oxygens (including phenoxy) is 1. The molecule has 0 amide bonds. The van der Waals surface area contributed by atoms with E-state index in [1.807, 2.05) is 43.2 Å². The van der Waals surface area contributed by atoms with Crippen LogP contribution in [0.2, 0.25) is 0 Å². The average molecular weight is 359 g/mol. The predicted molar refractivity (Wildman–Crippen MR) is 109 cm³/mol. The van der Waals surface area contributed by atoms with Gasteiger partial charge in [-0.3, -0.25) is 0 Å². The van der Waals surface area contributed by atoms with Crippen molar-refractivity contribution in [3.8, 4) is 5.69 Å². The van der Waals surface area contributed by atoms with E-state index in [0.717, 1.165) is 16.8 Å². The molecular weight excluding hydrogens is 336 g/mol. The highest BCUT2D eigenvalue weighted by Gasteiger charge is 2.09. The van der Waals surface area contributed by atoms with Crippen molar-refractivity contribution in [1.82, 2.24) is 0 Å². The van der Waals surface area contributed by atoms with Crippen LogP contribution in [0.4, 0.5) is 5.69 Å². The minimum atomic E-state index is -0.328. The third kappa shape index (κ3) is 4.61. The molecule has 0 saturated heterocycles. The zero-order valence-corrected chi connectivity index (χ0v) is 15.8. The Morgan fingerprint density at radius 1 is 0.852 bits per heavy atom. The number of hydrogen-bond donors (Lipinski definition) is 0. The number of pyridine rings is 1. The third-order valence-corrected chi connectivity index (χ3v) is 4.32. The molecule has 2 aromatic carbocycles. The molecule has 0 spiro atoms. The minimum absolute atomic E-state index is 0.328. The summed E-state index contributed by atoms with van der Waals surface area (Å²) in [6, 6.07) is 19.9. The maximum Gasteiger partial charge on any atom is 0.337 e. The maximum atomic E-state index is 11.5. The van der Waals surface area contributed by atoms with Gasteiger partial charge in [-0.2, -0.15) is 4.57 Å². The summed E-state index contributed by atoms with van der Waals surface area (Å²) < 4.78 is 6.73. The summed E-state index contributed by atoms with van der Waals surface area (Å²) >= 11 is 0. The zero-order valence-electron chi connectivity index (χ0n) is 15.8. The summed E-state index contributed by atoms with van der Waals surface area (Å²) in [5, 5.41) is 0. The Labute approximate surface area is 160 Å². The summed E-state index contributed by atoms with van der Waals surface area (Å²) in [5.74, 6) is -0.328. The lowest BCUT2D eigenvalue weighted by Gasteiger charge is -2.11. The summed E-state index contributed by atoms with van der Waals surface area (Å²) in [6.45, 7) is 0. The Morgan fingerprint density at radius 3 is 1.93 bits per heavy atom. The number of benzene rings is 2. The lowest BCUT2D eigenvalue weighted by molar-refractivity contribution is -0.595. The smallest absolute Gasteiger partial charge is 0.337 e. The fourth-order valence-corrected chi connectivity index (χ4v) is 2.68. The van der Waals surface area contributed by atoms with E-state index in [4.69, 9.17) is 4.74 Å². The molecule has 3 rings (SSSR count). The number of methoxy groups -OCH3 is 1. The summed E-state index contributed by atoms with van der Waals surface area (Å²) in [5.41, 5.74) is 5.00. The van der Waals surface area contributed by atoms with E-state index in [-0.39, 0.29) is 5.97 Å². The number of aromatic nitrogens is 1. The second-order valence-corrected chi connectivity index (χ2v) is 6.40. The van der Waals surface area contributed by atoms with Crippen LogP contribution in [0.3, 0.4) is 0 Å². The molecular formula is C23H23N2O2+. The van der Waals surface area contributed by atoms with Crippen molar-refractivity contribution in [3.05, 3.63) is 89.7 Å². The molecule has 136 valence electrons. The molecule has 1 aromatic heterocycles. The number of hydrogen-bond acceptors (Lipinski definition) is 3. The van der Waals surface area contributed by atoms with Crippen LogP contribution in [-0.4, -0.2) is 27.2 Å². The van der Waals surface area contributed by atoms with Crippen molar-refractivity contribution in [2.75, 3.05) is 26.1 Å². The molecule has 0 aliphatic heterocycles. The molecule has 0 atom stereocenters. The first-order valence-electron chi connectivity index (χ1n) is 8.72. The van der Waals surface area contributed by atoms with E-state index in [9.17, 15) is 4.79 Å². The highest BCUT2D eigenvalue weighted by molar-refractivity contribution is 5.89. The molecule has 4 nitrogen and oxygen atoms in total. The second kappa shape index (κ2) is 8.32. The topological polar surface area (TPSA) is 33.4 Å². The molecule has 27 heavy (non-hydrogen) atoms. The van der Waals surface area contributed by atoms with E-state index in [1.165, 1.54) is 12.8 Å². The van der Waals surface area contributed by atoms with Crippen molar-refractivity contribution < 1.29 is 14.1 Å². The highest BCUT2D eigenvalue weighted by atomic mass is 16.5. The van der Waals surface area contributed by atoms with Gasteiger partial charge in [0.1, 0.15) is 0 Å². The fraction of sp³-hybridized carbons (Fsp3) is 0.130. The number of carbonyl (C=O) groups is 1. The van der Waals surface area contributed by atoms with Gasteiger partial charge in [0.25, 0.3) is 0 Å². The van der Waals surface area contributed by atoms with Gasteiger partial charge in [-0.15, -0.1) is 0 Å². The van der Waals surface area contributed by atoms with Crippen LogP contribution in [0.1, 0.15) is 21.5 Å². The molecule has 0 fully saturated rings. The van der Waals surface area contributed by atoms with Gasteiger partial charge in [-0.25, -0.2) is 4.79 Å². The van der Waals surface area contributed by atoms with Crippen LogP contribution in [0, 0.1) is 0 Å². The van der Waals surface area contributed by atoms with Gasteiger partial charge in [0, 0.05) is 44.0 Å². The fourth-order valence-electron chi connectivity index (χ4n) is 2.68. The van der Waals surface area contributed by atoms with Gasteiger partial charge in [0.05, 0.1) is 12.7 Å². The minimum Gasteiger partial charge on any atom is -0.465 e. The molecule has 0 unspecified atom stereocenters. The monoisotopic (exact) mass is 359 g/mol. The highest BCUT2D eigenvalue weighted by Crippen LogP contribution is 2.14. The predicted octanol–water partition coefficient (Wildman–Crippen LogP) is 3.99. The van der Waals surface area contributed by atoms with Gasteiger partial charge in [0.2, 0.25) is 5.69 Å².